The van der Waals surface area contributed by atoms with E-state index in [1.807, 2.05) is 16.8 Å². The maximum Gasteiger partial charge on any atom is 0.406 e. The van der Waals surface area contributed by atoms with E-state index in [9.17, 15) is 13.2 Å². The largest absolute Gasteiger partial charge is 0.406 e. The summed E-state index contributed by atoms with van der Waals surface area (Å²) in [6.07, 6.45) is -1.35. The van der Waals surface area contributed by atoms with Gasteiger partial charge in [0.25, 0.3) is 0 Å². The van der Waals surface area contributed by atoms with Gasteiger partial charge in [0.05, 0.1) is 18.8 Å². The summed E-state index contributed by atoms with van der Waals surface area (Å²) in [5.74, 6) is 1.41. The molecule has 0 unspecified atom stereocenters. The van der Waals surface area contributed by atoms with Gasteiger partial charge in [-0.1, -0.05) is 0 Å². The lowest BCUT2D eigenvalue weighted by atomic mass is 10.3. The number of hydrogen-bond donors (Lipinski definition) is 1. The Kier molecular flexibility index (Phi) is 6.32. The quantitative estimate of drug-likeness (QED) is 0.564. The topological polar surface area (TPSA) is 100 Å². The summed E-state index contributed by atoms with van der Waals surface area (Å²) in [5.41, 5.74) is 0.989. The minimum absolute atomic E-state index is 0.139. The average molecular weight is 493 g/mol. The minimum atomic E-state index is -4.45. The number of morpholine rings is 1. The van der Waals surface area contributed by atoms with Crippen LogP contribution in [0.4, 0.5) is 30.9 Å². The fourth-order valence-corrected chi connectivity index (χ4v) is 4.24. The number of hydrogen-bond acceptors (Lipinski definition) is 10. The summed E-state index contributed by atoms with van der Waals surface area (Å²) >= 11 is 0. The third-order valence-electron chi connectivity index (χ3n) is 6.12. The van der Waals surface area contributed by atoms with Gasteiger partial charge < -0.3 is 24.8 Å². The maximum absolute atomic E-state index is 13.7. The van der Waals surface area contributed by atoms with Crippen molar-refractivity contribution in [2.45, 2.75) is 12.7 Å². The molecule has 11 nitrogen and oxygen atoms in total. The van der Waals surface area contributed by atoms with Gasteiger partial charge in [0.2, 0.25) is 11.9 Å². The Balaban J connectivity index is 1.69. The van der Waals surface area contributed by atoms with Gasteiger partial charge in [-0.2, -0.15) is 13.2 Å². The van der Waals surface area contributed by atoms with Crippen molar-refractivity contribution < 1.29 is 17.9 Å². The average Bonchev–Trinajstić information content (AvgIpc) is 3.21. The van der Waals surface area contributed by atoms with Crippen molar-refractivity contribution in [2.75, 3.05) is 81.7 Å². The molecule has 188 valence electrons. The molecule has 0 spiro atoms. The molecule has 0 bridgehead atoms. The van der Waals surface area contributed by atoms with Gasteiger partial charge in [-0.25, -0.2) is 24.9 Å². The van der Waals surface area contributed by atoms with Crippen LogP contribution in [0.3, 0.4) is 0 Å². The van der Waals surface area contributed by atoms with Crippen LogP contribution < -0.4 is 15.1 Å². The Bertz CT molecular complexity index is 1170. The van der Waals surface area contributed by atoms with Gasteiger partial charge in [-0.15, -0.1) is 0 Å². The van der Waals surface area contributed by atoms with Crippen LogP contribution in [0, 0.1) is 0 Å². The molecule has 35 heavy (non-hydrogen) atoms. The number of aromatic nitrogens is 6. The van der Waals surface area contributed by atoms with Crippen LogP contribution >= 0.6 is 0 Å². The fraction of sp³-hybridized carbons (Fsp3) is 0.571. The van der Waals surface area contributed by atoms with E-state index >= 15 is 0 Å². The Morgan fingerprint density at radius 3 is 2.26 bits per heavy atom. The highest BCUT2D eigenvalue weighted by Crippen LogP contribution is 2.33. The van der Waals surface area contributed by atoms with Crippen molar-refractivity contribution in [3.63, 3.8) is 0 Å². The van der Waals surface area contributed by atoms with E-state index in [4.69, 9.17) is 14.7 Å². The molecular weight excluding hydrogens is 465 g/mol. The van der Waals surface area contributed by atoms with Gasteiger partial charge >= 0.3 is 6.18 Å². The molecule has 0 saturated carbocycles. The highest BCUT2D eigenvalue weighted by atomic mass is 19.4. The predicted molar refractivity (Wildman–Crippen MR) is 125 cm³/mol. The zero-order valence-corrected chi connectivity index (χ0v) is 19.6. The van der Waals surface area contributed by atoms with Crippen LogP contribution in [-0.2, 0) is 11.3 Å². The summed E-state index contributed by atoms with van der Waals surface area (Å²) in [7, 11) is 3.69. The number of alkyl halides is 3. The van der Waals surface area contributed by atoms with Crippen LogP contribution in [-0.4, -0.2) is 107 Å². The monoisotopic (exact) mass is 492 g/mol. The molecule has 2 aliphatic heterocycles. The van der Waals surface area contributed by atoms with E-state index in [0.29, 0.717) is 62.2 Å². The standard InChI is InChI=1S/C21H27F3N10O/c1-25-19-26-11-14(12-27-19)16-29-17(32-7-9-35-10-8-32)15-18(30-16)34(13-21(22,23)24)20(28-15)33-5-3-31(2)4-6-33/h11-12H,3-10,13H2,1-2H3,(H,25,26,27). The molecule has 0 aromatic carbocycles. The molecule has 5 heterocycles. The molecule has 2 aliphatic rings. The van der Waals surface area contributed by atoms with Crippen molar-refractivity contribution in [3.8, 4) is 11.4 Å². The molecule has 2 saturated heterocycles. The van der Waals surface area contributed by atoms with E-state index in [1.54, 1.807) is 19.4 Å². The van der Waals surface area contributed by atoms with Crippen molar-refractivity contribution in [3.05, 3.63) is 12.4 Å². The Labute approximate surface area is 199 Å². The highest BCUT2D eigenvalue weighted by Gasteiger charge is 2.34. The van der Waals surface area contributed by atoms with Gasteiger partial charge in [-0.05, 0) is 7.05 Å². The number of nitrogens with one attached hydrogen (secondary N) is 1. The Morgan fingerprint density at radius 1 is 0.943 bits per heavy atom. The fourth-order valence-electron chi connectivity index (χ4n) is 4.24. The van der Waals surface area contributed by atoms with E-state index in [1.165, 1.54) is 4.57 Å². The summed E-state index contributed by atoms with van der Waals surface area (Å²) in [6, 6.07) is 0. The Hall–Kier alpha value is -3.26. The molecule has 3 aromatic rings. The lowest BCUT2D eigenvalue weighted by Crippen LogP contribution is -2.45. The summed E-state index contributed by atoms with van der Waals surface area (Å²) in [5, 5.41) is 2.84. The smallest absolute Gasteiger partial charge is 0.378 e. The first kappa shape index (κ1) is 23.5. The molecular formula is C21H27F3N10O. The molecule has 5 rings (SSSR count). The zero-order valence-electron chi connectivity index (χ0n) is 19.6. The van der Waals surface area contributed by atoms with Gasteiger partial charge in [0.1, 0.15) is 6.54 Å². The predicted octanol–water partition coefficient (Wildman–Crippen LogP) is 1.48. The second-order valence-electron chi connectivity index (χ2n) is 8.59. The van der Waals surface area contributed by atoms with Crippen LogP contribution in [0.15, 0.2) is 12.4 Å². The molecule has 1 N–H and O–H groups in total. The van der Waals surface area contributed by atoms with Crippen molar-refractivity contribution in [1.82, 2.24) is 34.4 Å². The van der Waals surface area contributed by atoms with E-state index in [-0.39, 0.29) is 17.4 Å². The van der Waals surface area contributed by atoms with E-state index in [0.717, 1.165) is 13.1 Å². The second-order valence-corrected chi connectivity index (χ2v) is 8.59. The number of rotatable bonds is 5. The van der Waals surface area contributed by atoms with Crippen molar-refractivity contribution >= 4 is 28.9 Å². The Morgan fingerprint density at radius 2 is 1.63 bits per heavy atom. The number of imidazole rings is 1. The molecule has 0 aliphatic carbocycles. The molecule has 14 heteroatoms. The summed E-state index contributed by atoms with van der Waals surface area (Å²) < 4.78 is 47.9. The number of anilines is 3. The van der Waals surface area contributed by atoms with Gasteiger partial charge in [-0.3, -0.25) is 4.57 Å². The lowest BCUT2D eigenvalue weighted by molar-refractivity contribution is -0.139. The first-order chi connectivity index (χ1) is 16.8. The molecule has 3 aromatic heterocycles. The van der Waals surface area contributed by atoms with Crippen molar-refractivity contribution in [2.24, 2.45) is 0 Å². The molecule has 0 amide bonds. The SMILES string of the molecule is CNc1ncc(-c2nc(N3CCOCC3)c3nc(N4CCN(C)CC4)n(CC(F)(F)F)c3n2)cn1. The summed E-state index contributed by atoms with van der Waals surface area (Å²) in [4.78, 5) is 28.4. The molecule has 2 fully saturated rings. The van der Waals surface area contributed by atoms with Crippen LogP contribution in [0.1, 0.15) is 0 Å². The second kappa shape index (κ2) is 9.41. The number of likely N-dealkylation sites (N-methyl/N-ethyl adjacent to an activating group) is 1. The highest BCUT2D eigenvalue weighted by molar-refractivity contribution is 5.88. The maximum atomic E-state index is 13.7. The number of nitrogens with zero attached hydrogens (tertiary/aromatic N) is 9. The van der Waals surface area contributed by atoms with Crippen molar-refractivity contribution in [1.29, 1.82) is 0 Å². The number of ether oxygens (including phenoxy) is 1. The minimum Gasteiger partial charge on any atom is -0.378 e. The van der Waals surface area contributed by atoms with E-state index < -0.39 is 12.7 Å². The van der Waals surface area contributed by atoms with Gasteiger partial charge in [0.15, 0.2) is 22.8 Å². The van der Waals surface area contributed by atoms with Crippen LogP contribution in [0.2, 0.25) is 0 Å². The van der Waals surface area contributed by atoms with E-state index in [2.05, 4.69) is 25.2 Å². The number of halogens is 3. The van der Waals surface area contributed by atoms with Crippen LogP contribution in [0.5, 0.6) is 0 Å². The lowest BCUT2D eigenvalue weighted by Gasteiger charge is -2.33. The summed E-state index contributed by atoms with van der Waals surface area (Å²) in [6.45, 7) is 3.52. The zero-order chi connectivity index (χ0) is 24.6. The number of piperazine rings is 1. The first-order valence-corrected chi connectivity index (χ1v) is 11.4. The number of fused-ring (bicyclic) bond motifs is 1. The third-order valence-corrected chi connectivity index (χ3v) is 6.12. The third kappa shape index (κ3) is 4.93. The molecule has 0 atom stereocenters. The van der Waals surface area contributed by atoms with Gasteiger partial charge in [0, 0.05) is 58.7 Å². The van der Waals surface area contributed by atoms with Crippen LogP contribution in [0.25, 0.3) is 22.6 Å². The molecule has 0 radical (unpaired) electrons. The first-order valence-electron chi connectivity index (χ1n) is 11.4. The normalized spacial score (nSPS) is 17.9.